The van der Waals surface area contributed by atoms with Gasteiger partial charge in [-0.05, 0) is 48.9 Å². The van der Waals surface area contributed by atoms with Gasteiger partial charge in [0.25, 0.3) is 0 Å². The Labute approximate surface area is 154 Å². The molecular formula is C19H18F2N2O2S. The smallest absolute Gasteiger partial charge is 0.247 e. The fourth-order valence-electron chi connectivity index (χ4n) is 2.95. The number of piperidine rings is 1. The number of carbonyl (C=O) groups excluding carboxylic acids is 2. The molecular weight excluding hydrogens is 358 g/mol. The number of hydrogen-bond donors (Lipinski definition) is 1. The highest BCUT2D eigenvalue weighted by molar-refractivity contribution is 7.10. The maximum Gasteiger partial charge on any atom is 0.247 e. The van der Waals surface area contributed by atoms with Crippen LogP contribution in [0.5, 0.6) is 0 Å². The monoisotopic (exact) mass is 376 g/mol. The van der Waals surface area contributed by atoms with Crippen LogP contribution < -0.4 is 5.32 Å². The number of rotatable bonds is 4. The highest BCUT2D eigenvalue weighted by Gasteiger charge is 2.31. The summed E-state index contributed by atoms with van der Waals surface area (Å²) in [4.78, 5) is 27.5. The van der Waals surface area contributed by atoms with Crippen molar-refractivity contribution in [2.75, 3.05) is 11.9 Å². The molecule has 1 atom stereocenters. The number of likely N-dealkylation sites (tertiary alicyclic amines) is 1. The number of anilines is 1. The van der Waals surface area contributed by atoms with E-state index in [9.17, 15) is 18.4 Å². The average Bonchev–Trinajstić information content (AvgIpc) is 3.12. The van der Waals surface area contributed by atoms with Gasteiger partial charge >= 0.3 is 0 Å². The number of thiophene rings is 1. The minimum atomic E-state index is -0.768. The Morgan fingerprint density at radius 3 is 2.65 bits per heavy atom. The fraction of sp³-hybridized carbons (Fsp3) is 0.263. The van der Waals surface area contributed by atoms with Crippen molar-refractivity contribution in [2.45, 2.75) is 25.3 Å². The molecule has 1 aromatic carbocycles. The van der Waals surface area contributed by atoms with Crippen LogP contribution in [0, 0.1) is 11.6 Å². The van der Waals surface area contributed by atoms with Gasteiger partial charge in [-0.2, -0.15) is 0 Å². The number of benzene rings is 1. The second-order valence-electron chi connectivity index (χ2n) is 6.04. The van der Waals surface area contributed by atoms with E-state index >= 15 is 0 Å². The summed E-state index contributed by atoms with van der Waals surface area (Å²) in [5.74, 6) is -2.22. The zero-order chi connectivity index (χ0) is 18.5. The lowest BCUT2D eigenvalue weighted by molar-refractivity contribution is -0.136. The van der Waals surface area contributed by atoms with E-state index in [-0.39, 0.29) is 11.6 Å². The second kappa shape index (κ2) is 8.23. The Morgan fingerprint density at radius 1 is 1.19 bits per heavy atom. The summed E-state index contributed by atoms with van der Waals surface area (Å²) in [5, 5.41) is 4.43. The summed E-state index contributed by atoms with van der Waals surface area (Å²) in [6.07, 6.45) is 5.32. The van der Waals surface area contributed by atoms with Gasteiger partial charge in [0.2, 0.25) is 11.8 Å². The molecule has 1 N–H and O–H groups in total. The van der Waals surface area contributed by atoms with Crippen LogP contribution in [0.3, 0.4) is 0 Å². The van der Waals surface area contributed by atoms with Crippen molar-refractivity contribution < 1.29 is 18.4 Å². The van der Waals surface area contributed by atoms with E-state index in [2.05, 4.69) is 5.32 Å². The van der Waals surface area contributed by atoms with Crippen LogP contribution in [-0.4, -0.2) is 29.3 Å². The molecule has 7 heteroatoms. The van der Waals surface area contributed by atoms with Crippen LogP contribution in [0.15, 0.2) is 41.8 Å². The molecule has 1 aliphatic rings. The van der Waals surface area contributed by atoms with Crippen molar-refractivity contribution >= 4 is 34.9 Å². The molecule has 0 spiro atoms. The van der Waals surface area contributed by atoms with Crippen LogP contribution in [-0.2, 0) is 9.59 Å². The first kappa shape index (κ1) is 18.3. The second-order valence-corrected chi connectivity index (χ2v) is 7.02. The third-order valence-electron chi connectivity index (χ3n) is 4.15. The van der Waals surface area contributed by atoms with Gasteiger partial charge < -0.3 is 10.2 Å². The van der Waals surface area contributed by atoms with Gasteiger partial charge in [-0.3, -0.25) is 9.59 Å². The topological polar surface area (TPSA) is 49.4 Å². The average molecular weight is 376 g/mol. The Bertz CT molecular complexity index is 801. The van der Waals surface area contributed by atoms with E-state index in [1.54, 1.807) is 6.08 Å². The zero-order valence-electron chi connectivity index (χ0n) is 14.0. The molecule has 1 unspecified atom stereocenters. The van der Waals surface area contributed by atoms with Crippen LogP contribution in [0.25, 0.3) is 6.08 Å². The number of hydrogen-bond acceptors (Lipinski definition) is 3. The highest BCUT2D eigenvalue weighted by Crippen LogP contribution is 2.21. The van der Waals surface area contributed by atoms with Gasteiger partial charge in [-0.15, -0.1) is 11.3 Å². The van der Waals surface area contributed by atoms with Crippen molar-refractivity contribution in [3.8, 4) is 0 Å². The van der Waals surface area contributed by atoms with Crippen LogP contribution in [0.4, 0.5) is 14.5 Å². The summed E-state index contributed by atoms with van der Waals surface area (Å²) in [7, 11) is 0. The van der Waals surface area contributed by atoms with Crippen LogP contribution in [0.1, 0.15) is 24.1 Å². The normalized spacial score (nSPS) is 17.5. The van der Waals surface area contributed by atoms with E-state index in [1.165, 1.54) is 22.3 Å². The lowest BCUT2D eigenvalue weighted by Gasteiger charge is -2.34. The maximum atomic E-state index is 13.3. The van der Waals surface area contributed by atoms with E-state index in [0.717, 1.165) is 35.9 Å². The van der Waals surface area contributed by atoms with E-state index in [4.69, 9.17) is 0 Å². The molecule has 1 fully saturated rings. The van der Waals surface area contributed by atoms with Crippen molar-refractivity contribution in [1.82, 2.24) is 4.90 Å². The molecule has 136 valence electrons. The third kappa shape index (κ3) is 4.54. The SMILES string of the molecule is O=C(Nc1cc(F)cc(F)c1)C1CCCCN1C(=O)C=Cc1cccs1. The Hall–Kier alpha value is -2.54. The van der Waals surface area contributed by atoms with Gasteiger partial charge in [0.15, 0.2) is 0 Å². The van der Waals surface area contributed by atoms with Gasteiger partial charge in [-0.1, -0.05) is 6.07 Å². The molecule has 0 aliphatic carbocycles. The molecule has 0 bridgehead atoms. The number of halogens is 2. The predicted octanol–water partition coefficient (Wildman–Crippen LogP) is 4.06. The van der Waals surface area contributed by atoms with Gasteiger partial charge in [-0.25, -0.2) is 8.78 Å². The van der Waals surface area contributed by atoms with Crippen LogP contribution >= 0.6 is 11.3 Å². The third-order valence-corrected chi connectivity index (χ3v) is 4.99. The maximum absolute atomic E-state index is 13.3. The lowest BCUT2D eigenvalue weighted by Crippen LogP contribution is -2.49. The molecule has 2 amide bonds. The zero-order valence-corrected chi connectivity index (χ0v) is 14.8. The molecule has 0 radical (unpaired) electrons. The first-order chi connectivity index (χ1) is 12.5. The Morgan fingerprint density at radius 2 is 1.96 bits per heavy atom. The first-order valence-corrected chi connectivity index (χ1v) is 9.20. The molecule has 1 aromatic heterocycles. The fourth-order valence-corrected chi connectivity index (χ4v) is 3.57. The summed E-state index contributed by atoms with van der Waals surface area (Å²) in [5.41, 5.74) is 0.0413. The molecule has 2 aromatic rings. The summed E-state index contributed by atoms with van der Waals surface area (Å²) < 4.78 is 26.6. The molecule has 1 saturated heterocycles. The molecule has 4 nitrogen and oxygen atoms in total. The van der Waals surface area contributed by atoms with Crippen molar-refractivity contribution in [2.24, 2.45) is 0 Å². The van der Waals surface area contributed by atoms with E-state index < -0.39 is 23.6 Å². The molecule has 0 saturated carbocycles. The minimum absolute atomic E-state index is 0.0413. The predicted molar refractivity (Wildman–Crippen MR) is 97.7 cm³/mol. The summed E-state index contributed by atoms with van der Waals surface area (Å²) in [6.45, 7) is 0.475. The quantitative estimate of drug-likeness (QED) is 0.818. The summed E-state index contributed by atoms with van der Waals surface area (Å²) in [6, 6.07) is 5.97. The highest BCUT2D eigenvalue weighted by atomic mass is 32.1. The Balaban J connectivity index is 1.71. The summed E-state index contributed by atoms with van der Waals surface area (Å²) >= 11 is 1.52. The van der Waals surface area contributed by atoms with Gasteiger partial charge in [0, 0.05) is 29.3 Å². The van der Waals surface area contributed by atoms with Crippen molar-refractivity contribution in [1.29, 1.82) is 0 Å². The number of nitrogens with zero attached hydrogens (tertiary/aromatic N) is 1. The number of nitrogens with one attached hydrogen (secondary N) is 1. The Kier molecular flexibility index (Phi) is 5.78. The molecule has 2 heterocycles. The minimum Gasteiger partial charge on any atom is -0.327 e. The lowest BCUT2D eigenvalue weighted by atomic mass is 10.0. The molecule has 26 heavy (non-hydrogen) atoms. The molecule has 3 rings (SSSR count). The van der Waals surface area contributed by atoms with E-state index in [0.29, 0.717) is 13.0 Å². The van der Waals surface area contributed by atoms with Crippen LogP contribution in [0.2, 0.25) is 0 Å². The largest absolute Gasteiger partial charge is 0.327 e. The number of amides is 2. The van der Waals surface area contributed by atoms with Gasteiger partial charge in [0.05, 0.1) is 0 Å². The standard InChI is InChI=1S/C19H18F2N2O2S/c20-13-10-14(21)12-15(11-13)22-19(25)17-5-1-2-8-23(17)18(24)7-6-16-4-3-9-26-16/h3-4,6-7,9-12,17H,1-2,5,8H2,(H,22,25). The van der Waals surface area contributed by atoms with Crippen molar-refractivity contribution in [3.63, 3.8) is 0 Å². The van der Waals surface area contributed by atoms with E-state index in [1.807, 2.05) is 17.5 Å². The van der Waals surface area contributed by atoms with Gasteiger partial charge in [0.1, 0.15) is 17.7 Å². The first-order valence-electron chi connectivity index (χ1n) is 8.32. The number of carbonyl (C=O) groups is 2. The molecule has 1 aliphatic heterocycles. The van der Waals surface area contributed by atoms with Crippen molar-refractivity contribution in [3.05, 3.63) is 58.3 Å².